The molecule has 0 aliphatic heterocycles. The van der Waals surface area contributed by atoms with Gasteiger partial charge in [0.15, 0.2) is 6.10 Å². The second-order valence-corrected chi connectivity index (χ2v) is 21.0. The van der Waals surface area contributed by atoms with Crippen molar-refractivity contribution in [3.63, 3.8) is 0 Å². The quantitative estimate of drug-likeness (QED) is 0.0261. The van der Waals surface area contributed by atoms with E-state index in [0.29, 0.717) is 19.3 Å². The first kappa shape index (κ1) is 69.8. The predicted molar refractivity (Wildman–Crippen MR) is 316 cm³/mol. The van der Waals surface area contributed by atoms with Crippen molar-refractivity contribution >= 4 is 17.9 Å². The van der Waals surface area contributed by atoms with Crippen LogP contribution in [0.1, 0.15) is 316 Å². The molecule has 0 radical (unpaired) electrons. The number of hydrogen-bond donors (Lipinski definition) is 0. The topological polar surface area (TPSA) is 78.9 Å². The van der Waals surface area contributed by atoms with E-state index in [2.05, 4.69) is 93.7 Å². The van der Waals surface area contributed by atoms with Gasteiger partial charge in [0.1, 0.15) is 13.2 Å². The minimum Gasteiger partial charge on any atom is -0.462 e. The summed E-state index contributed by atoms with van der Waals surface area (Å²) in [4.78, 5) is 38.3. The Labute approximate surface area is 453 Å². The molecule has 0 aromatic carbocycles. The molecule has 0 atom stereocenters. The highest BCUT2D eigenvalue weighted by Crippen LogP contribution is 2.17. The molecule has 6 heteroatoms. The van der Waals surface area contributed by atoms with Crippen molar-refractivity contribution in [3.05, 3.63) is 72.9 Å². The molecule has 73 heavy (non-hydrogen) atoms. The molecular formula is C67H118O6. The Morgan fingerprint density at radius 2 is 0.493 bits per heavy atom. The Balaban J connectivity index is 4.41. The van der Waals surface area contributed by atoms with Crippen LogP contribution < -0.4 is 0 Å². The maximum atomic E-state index is 12.9. The first-order valence-corrected chi connectivity index (χ1v) is 31.4. The van der Waals surface area contributed by atoms with E-state index in [0.717, 1.165) is 109 Å². The van der Waals surface area contributed by atoms with Crippen molar-refractivity contribution in [2.24, 2.45) is 0 Å². The normalized spacial score (nSPS) is 12.2. The van der Waals surface area contributed by atoms with E-state index in [4.69, 9.17) is 14.2 Å². The van der Waals surface area contributed by atoms with Gasteiger partial charge in [0, 0.05) is 19.3 Å². The molecule has 0 amide bonds. The Morgan fingerprint density at radius 1 is 0.274 bits per heavy atom. The number of allylic oxidation sites excluding steroid dienone is 12. The molecule has 0 saturated heterocycles. The summed E-state index contributed by atoms with van der Waals surface area (Å²) in [5.41, 5.74) is 0. The summed E-state index contributed by atoms with van der Waals surface area (Å²) in [5.74, 6) is -0.918. The van der Waals surface area contributed by atoms with Gasteiger partial charge in [-0.25, -0.2) is 0 Å². The minimum absolute atomic E-state index is 0.0921. The van der Waals surface area contributed by atoms with E-state index in [1.165, 1.54) is 167 Å². The third-order valence-corrected chi connectivity index (χ3v) is 13.7. The highest BCUT2D eigenvalue weighted by molar-refractivity contribution is 5.71. The van der Waals surface area contributed by atoms with Crippen molar-refractivity contribution in [2.45, 2.75) is 322 Å². The largest absolute Gasteiger partial charge is 0.462 e. The van der Waals surface area contributed by atoms with Gasteiger partial charge < -0.3 is 14.2 Å². The lowest BCUT2D eigenvalue weighted by molar-refractivity contribution is -0.167. The molecule has 0 aliphatic rings. The van der Waals surface area contributed by atoms with Crippen LogP contribution in [0, 0.1) is 0 Å². The van der Waals surface area contributed by atoms with Gasteiger partial charge in [-0.05, 0) is 96.3 Å². The highest BCUT2D eigenvalue weighted by atomic mass is 16.6. The molecule has 422 valence electrons. The van der Waals surface area contributed by atoms with Crippen molar-refractivity contribution in [2.75, 3.05) is 13.2 Å². The van der Waals surface area contributed by atoms with Crippen LogP contribution in [0.15, 0.2) is 72.9 Å². The van der Waals surface area contributed by atoms with Gasteiger partial charge in [0.05, 0.1) is 0 Å². The molecule has 0 fully saturated rings. The zero-order chi connectivity index (χ0) is 52.9. The Morgan fingerprint density at radius 3 is 0.795 bits per heavy atom. The molecule has 6 nitrogen and oxygen atoms in total. The van der Waals surface area contributed by atoms with E-state index in [1.54, 1.807) is 0 Å². The van der Waals surface area contributed by atoms with Crippen molar-refractivity contribution < 1.29 is 28.6 Å². The summed E-state index contributed by atoms with van der Waals surface area (Å²) >= 11 is 0. The molecule has 0 aliphatic carbocycles. The fourth-order valence-electron chi connectivity index (χ4n) is 8.93. The van der Waals surface area contributed by atoms with Crippen LogP contribution in [-0.4, -0.2) is 37.2 Å². The molecule has 0 N–H and O–H groups in total. The van der Waals surface area contributed by atoms with E-state index in [-0.39, 0.29) is 31.1 Å². The zero-order valence-electron chi connectivity index (χ0n) is 48.4. The average molecular weight is 1020 g/mol. The van der Waals surface area contributed by atoms with Crippen LogP contribution in [0.3, 0.4) is 0 Å². The Hall–Kier alpha value is -3.15. The van der Waals surface area contributed by atoms with Crippen LogP contribution in [-0.2, 0) is 28.6 Å². The van der Waals surface area contributed by atoms with Gasteiger partial charge in [-0.3, -0.25) is 14.4 Å². The number of unbranched alkanes of at least 4 members (excludes halogenated alkanes) is 34. The second-order valence-electron chi connectivity index (χ2n) is 21.0. The lowest BCUT2D eigenvalue weighted by atomic mass is 10.0. The lowest BCUT2D eigenvalue weighted by Crippen LogP contribution is -2.30. The Kier molecular flexibility index (Phi) is 58.7. The molecule has 0 spiro atoms. The van der Waals surface area contributed by atoms with Gasteiger partial charge in [-0.15, -0.1) is 0 Å². The molecule has 0 aromatic heterocycles. The molecule has 0 rings (SSSR count). The second kappa shape index (κ2) is 61.4. The van der Waals surface area contributed by atoms with Crippen molar-refractivity contribution in [3.8, 4) is 0 Å². The summed E-state index contributed by atoms with van der Waals surface area (Å²) in [6.07, 6.45) is 79.0. The predicted octanol–water partition coefficient (Wildman–Crippen LogP) is 21.3. The van der Waals surface area contributed by atoms with Crippen molar-refractivity contribution in [1.82, 2.24) is 0 Å². The summed E-state index contributed by atoms with van der Waals surface area (Å²) in [6, 6.07) is 0. The Bertz CT molecular complexity index is 1280. The van der Waals surface area contributed by atoms with Gasteiger partial charge in [-0.1, -0.05) is 273 Å². The highest BCUT2D eigenvalue weighted by Gasteiger charge is 2.19. The first-order valence-electron chi connectivity index (χ1n) is 31.4. The number of carbonyl (C=O) groups is 3. The smallest absolute Gasteiger partial charge is 0.306 e. The molecule has 0 saturated carbocycles. The molecule has 0 bridgehead atoms. The fourth-order valence-corrected chi connectivity index (χ4v) is 8.93. The summed E-state index contributed by atoms with van der Waals surface area (Å²) in [5, 5.41) is 0. The van der Waals surface area contributed by atoms with Gasteiger partial charge in [0.2, 0.25) is 0 Å². The number of ether oxygens (including phenoxy) is 3. The van der Waals surface area contributed by atoms with Crippen molar-refractivity contribution in [1.29, 1.82) is 0 Å². The first-order chi connectivity index (χ1) is 36.0. The van der Waals surface area contributed by atoms with Gasteiger partial charge >= 0.3 is 17.9 Å². The van der Waals surface area contributed by atoms with E-state index < -0.39 is 6.10 Å². The fraction of sp³-hybridized carbons (Fsp3) is 0.776. The standard InChI is InChI=1S/C67H118O6/c1-4-7-10-13-16-19-22-25-28-31-32-33-34-37-40-43-46-49-52-55-58-61-67(70)73-64(62-71-65(68)59-56-53-50-47-44-41-38-35-29-26-23-20-17-14-11-8-5-2)63-72-66(69)60-57-54-51-48-45-42-39-36-30-27-24-21-18-15-12-9-6-3/h17-18,20-21,26-27,29-30,38-39,41-42,64H,4-16,19,22-25,28,31-37,40,43-63H2,1-3H3/b20-17-,21-18-,29-26-,30-27-,41-38-,42-39-. The van der Waals surface area contributed by atoms with Crippen LogP contribution in [0.4, 0.5) is 0 Å². The van der Waals surface area contributed by atoms with E-state index in [1.807, 2.05) is 0 Å². The van der Waals surface area contributed by atoms with Crippen LogP contribution in [0.5, 0.6) is 0 Å². The summed E-state index contributed by atoms with van der Waals surface area (Å²) in [7, 11) is 0. The lowest BCUT2D eigenvalue weighted by Gasteiger charge is -2.18. The summed E-state index contributed by atoms with van der Waals surface area (Å²) < 4.78 is 16.9. The molecule has 0 aromatic rings. The van der Waals surface area contributed by atoms with E-state index in [9.17, 15) is 14.4 Å². The number of hydrogen-bond acceptors (Lipinski definition) is 6. The molecule has 0 unspecified atom stereocenters. The minimum atomic E-state index is -0.794. The number of carbonyl (C=O) groups excluding carboxylic acids is 3. The average Bonchev–Trinajstić information content (AvgIpc) is 3.39. The maximum absolute atomic E-state index is 12.9. The van der Waals surface area contributed by atoms with Crippen LogP contribution in [0.25, 0.3) is 0 Å². The molecule has 0 heterocycles. The SMILES string of the molecule is CCCCC/C=C\C/C=C\C/C=C\CCCCCCC(=O)OCC(COC(=O)CCCCCC/C=C\C/C=C\C/C=C\CCCCC)OC(=O)CCCCCCCCCCCCCCCCCCCCCCC. The number of esters is 3. The third kappa shape index (κ3) is 59.6. The molecular weight excluding hydrogens is 901 g/mol. The van der Waals surface area contributed by atoms with Gasteiger partial charge in [-0.2, -0.15) is 0 Å². The summed E-state index contributed by atoms with van der Waals surface area (Å²) in [6.45, 7) is 6.59. The van der Waals surface area contributed by atoms with Crippen LogP contribution >= 0.6 is 0 Å². The van der Waals surface area contributed by atoms with E-state index >= 15 is 0 Å². The van der Waals surface area contributed by atoms with Gasteiger partial charge in [0.25, 0.3) is 0 Å². The van der Waals surface area contributed by atoms with Crippen LogP contribution in [0.2, 0.25) is 0 Å². The monoisotopic (exact) mass is 1020 g/mol. The third-order valence-electron chi connectivity index (χ3n) is 13.7. The zero-order valence-corrected chi connectivity index (χ0v) is 48.4. The number of rotatable bonds is 57. The maximum Gasteiger partial charge on any atom is 0.306 e.